The maximum Gasteiger partial charge on any atom is 0.304 e. The van der Waals surface area contributed by atoms with Crippen LogP contribution in [0.4, 0.5) is 0 Å². The first-order valence-corrected chi connectivity index (χ1v) is 4.52. The van der Waals surface area contributed by atoms with Crippen molar-refractivity contribution in [1.82, 2.24) is 20.6 Å². The third kappa shape index (κ3) is 3.41. The van der Waals surface area contributed by atoms with Gasteiger partial charge in [-0.15, -0.1) is 5.10 Å². The van der Waals surface area contributed by atoms with E-state index in [1.165, 1.54) is 11.8 Å². The first-order valence-electron chi connectivity index (χ1n) is 3.70. The van der Waals surface area contributed by atoms with Crippen molar-refractivity contribution in [3.63, 3.8) is 0 Å². The van der Waals surface area contributed by atoms with Crippen LogP contribution in [-0.2, 0) is 4.79 Å². The number of tetrazole rings is 1. The largest absolute Gasteiger partial charge is 0.481 e. The average Bonchev–Trinajstić information content (AvgIpc) is 2.55. The molecule has 0 spiro atoms. The summed E-state index contributed by atoms with van der Waals surface area (Å²) in [4.78, 5) is 10.4. The Morgan fingerprint density at radius 3 is 2.92 bits per heavy atom. The summed E-state index contributed by atoms with van der Waals surface area (Å²) in [6, 6.07) is 0. The normalized spacial score (nSPS) is 10.6. The number of aliphatic carboxylic acids is 1. The van der Waals surface area contributed by atoms with Gasteiger partial charge in [0.15, 0.2) is 0 Å². The molecule has 0 aliphatic rings. The number of carbonyl (C=O) groups is 1. The maximum atomic E-state index is 10.4. The summed E-state index contributed by atoms with van der Waals surface area (Å²) in [5, 5.41) is 22.9. The summed E-state index contributed by atoms with van der Waals surface area (Å²) in [6.45, 7) is 1.90. The van der Waals surface area contributed by atoms with Crippen LogP contribution in [-0.4, -0.2) is 31.7 Å². The number of carboxylic acids is 1. The topological polar surface area (TPSA) is 91.8 Å². The van der Waals surface area contributed by atoms with Crippen LogP contribution in [0, 0.1) is 5.25 Å². The highest BCUT2D eigenvalue weighted by Crippen LogP contribution is 2.30. The number of nitrogens with zero attached hydrogens (tertiary/aromatic N) is 3. The van der Waals surface area contributed by atoms with Gasteiger partial charge in [0.25, 0.3) is 0 Å². The molecule has 0 atom stereocenters. The molecule has 6 nitrogen and oxygen atoms in total. The second-order valence-corrected chi connectivity index (χ2v) is 3.44. The van der Waals surface area contributed by atoms with Gasteiger partial charge >= 0.3 is 5.97 Å². The van der Waals surface area contributed by atoms with E-state index in [-0.39, 0.29) is 6.42 Å². The molecule has 2 N–H and O–H groups in total. The molecule has 0 aliphatic heterocycles. The smallest absolute Gasteiger partial charge is 0.304 e. The van der Waals surface area contributed by atoms with Crippen LogP contribution in [0.25, 0.3) is 0 Å². The summed E-state index contributed by atoms with van der Waals surface area (Å²) >= 11 is 1.27. The monoisotopic (exact) mass is 201 g/mol. The molecule has 0 aromatic carbocycles. The average molecular weight is 201 g/mol. The van der Waals surface area contributed by atoms with E-state index < -0.39 is 5.97 Å². The number of aromatic amines is 1. The van der Waals surface area contributed by atoms with Crippen molar-refractivity contribution in [2.24, 2.45) is 0 Å². The molecule has 1 aromatic rings. The van der Waals surface area contributed by atoms with Crippen molar-refractivity contribution in [2.75, 3.05) is 0 Å². The second-order valence-electron chi connectivity index (χ2n) is 2.27. The van der Waals surface area contributed by atoms with Crippen LogP contribution >= 0.6 is 11.8 Å². The Kier molecular flexibility index (Phi) is 3.69. The molecule has 7 heteroatoms. The van der Waals surface area contributed by atoms with Crippen LogP contribution in [0.3, 0.4) is 0 Å². The Hall–Kier alpha value is -1.11. The summed E-state index contributed by atoms with van der Waals surface area (Å²) in [5.74, 6) is -0.836. The van der Waals surface area contributed by atoms with Crippen molar-refractivity contribution < 1.29 is 9.90 Å². The van der Waals surface area contributed by atoms with Crippen molar-refractivity contribution in [2.45, 2.75) is 24.9 Å². The molecule has 0 saturated heterocycles. The number of thioether (sulfide) groups is 1. The molecule has 0 aliphatic carbocycles. The summed E-state index contributed by atoms with van der Waals surface area (Å²) < 4.78 is 0. The number of H-pyrrole nitrogens is 1. The van der Waals surface area contributed by atoms with Gasteiger partial charge in [-0.05, 0) is 16.8 Å². The predicted octanol–water partition coefficient (Wildman–Crippen LogP) is 0.708. The Bertz CT molecular complexity index is 264. The van der Waals surface area contributed by atoms with E-state index in [2.05, 4.69) is 20.6 Å². The van der Waals surface area contributed by atoms with Crippen molar-refractivity contribution >= 4 is 17.7 Å². The maximum absolute atomic E-state index is 10.4. The fraction of sp³-hybridized carbons (Fsp3) is 0.500. The lowest BCUT2D eigenvalue weighted by Gasteiger charge is -2.06. The standard InChI is InChI=1S/C6H9N4O2S/c1-2-4(3-5(11)12)13-6-7-9-10-8-6/h2-3H2,1H3,(H,11,12)(H,7,8,9,10). The molecule has 1 aromatic heterocycles. The van der Waals surface area contributed by atoms with Gasteiger partial charge in [0, 0.05) is 5.25 Å². The number of rotatable bonds is 5. The molecular weight excluding hydrogens is 192 g/mol. The quantitative estimate of drug-likeness (QED) is 0.681. The van der Waals surface area contributed by atoms with E-state index in [9.17, 15) is 4.79 Å². The van der Waals surface area contributed by atoms with Crippen LogP contribution in [0.15, 0.2) is 5.16 Å². The van der Waals surface area contributed by atoms with Crippen molar-refractivity contribution in [1.29, 1.82) is 0 Å². The van der Waals surface area contributed by atoms with Crippen molar-refractivity contribution in [3.8, 4) is 0 Å². The van der Waals surface area contributed by atoms with Crippen LogP contribution in [0.5, 0.6) is 0 Å². The summed E-state index contributed by atoms with van der Waals surface area (Å²) in [6.07, 6.45) is 0.736. The molecule has 71 valence electrons. The van der Waals surface area contributed by atoms with Gasteiger partial charge in [-0.25, -0.2) is 5.10 Å². The van der Waals surface area contributed by atoms with Crippen LogP contribution in [0.1, 0.15) is 19.8 Å². The molecule has 0 amide bonds. The molecule has 0 unspecified atom stereocenters. The molecule has 13 heavy (non-hydrogen) atoms. The zero-order chi connectivity index (χ0) is 9.68. The highest BCUT2D eigenvalue weighted by atomic mass is 32.2. The van der Waals surface area contributed by atoms with E-state index in [1.807, 2.05) is 6.92 Å². The summed E-state index contributed by atoms with van der Waals surface area (Å²) in [5.41, 5.74) is 0. The zero-order valence-electron chi connectivity index (χ0n) is 7.02. The van der Waals surface area contributed by atoms with Crippen LogP contribution < -0.4 is 0 Å². The fourth-order valence-corrected chi connectivity index (χ4v) is 1.51. The Morgan fingerprint density at radius 1 is 1.69 bits per heavy atom. The van der Waals surface area contributed by atoms with Gasteiger partial charge in [-0.3, -0.25) is 4.79 Å². The van der Waals surface area contributed by atoms with Crippen LogP contribution in [0.2, 0.25) is 0 Å². The molecular formula is C6H9N4O2S. The lowest BCUT2D eigenvalue weighted by Crippen LogP contribution is -2.01. The fourth-order valence-electron chi connectivity index (χ4n) is 0.732. The molecule has 1 radical (unpaired) electrons. The van der Waals surface area contributed by atoms with E-state index in [4.69, 9.17) is 5.11 Å². The number of aromatic nitrogens is 4. The lowest BCUT2D eigenvalue weighted by atomic mass is 10.2. The van der Waals surface area contributed by atoms with Gasteiger partial charge in [0.2, 0.25) is 5.16 Å². The van der Waals surface area contributed by atoms with E-state index in [0.29, 0.717) is 11.6 Å². The number of hydrogen-bond acceptors (Lipinski definition) is 5. The Balaban J connectivity index is 2.45. The van der Waals surface area contributed by atoms with Gasteiger partial charge in [-0.2, -0.15) is 0 Å². The zero-order valence-corrected chi connectivity index (χ0v) is 7.84. The minimum absolute atomic E-state index is 0.0435. The molecule has 0 fully saturated rings. The minimum Gasteiger partial charge on any atom is -0.481 e. The third-order valence-electron chi connectivity index (χ3n) is 1.31. The molecule has 0 bridgehead atoms. The van der Waals surface area contributed by atoms with E-state index >= 15 is 0 Å². The van der Waals surface area contributed by atoms with Crippen molar-refractivity contribution in [3.05, 3.63) is 5.25 Å². The molecule has 1 rings (SSSR count). The van der Waals surface area contributed by atoms with E-state index in [0.717, 1.165) is 5.25 Å². The number of nitrogens with one attached hydrogen (secondary N) is 1. The SMILES string of the molecule is CC[C](CC(=O)O)Sc1nnn[nH]1. The third-order valence-corrected chi connectivity index (χ3v) is 2.40. The molecule has 0 saturated carbocycles. The van der Waals surface area contributed by atoms with Gasteiger partial charge in [0.05, 0.1) is 6.42 Å². The number of hydrogen-bond donors (Lipinski definition) is 2. The van der Waals surface area contributed by atoms with Gasteiger partial charge in [-0.1, -0.05) is 18.7 Å². The number of carboxylic acid groups (broad SMARTS) is 1. The second kappa shape index (κ2) is 4.80. The molecule has 1 heterocycles. The minimum atomic E-state index is -0.836. The van der Waals surface area contributed by atoms with Gasteiger partial charge < -0.3 is 5.11 Å². The van der Waals surface area contributed by atoms with Gasteiger partial charge in [0.1, 0.15) is 0 Å². The highest BCUT2D eigenvalue weighted by molar-refractivity contribution is 8.02. The first kappa shape index (κ1) is 9.97. The predicted molar refractivity (Wildman–Crippen MR) is 45.8 cm³/mol. The summed E-state index contributed by atoms with van der Waals surface area (Å²) in [7, 11) is 0. The van der Waals surface area contributed by atoms with E-state index in [1.54, 1.807) is 0 Å². The lowest BCUT2D eigenvalue weighted by molar-refractivity contribution is -0.136. The first-order chi connectivity index (χ1) is 6.22. The Morgan fingerprint density at radius 2 is 2.46 bits per heavy atom. The Labute approximate surface area is 79.1 Å². The highest BCUT2D eigenvalue weighted by Gasteiger charge is 2.15.